The number of primary amides is 1. The molecule has 1 aromatic rings. The first-order chi connectivity index (χ1) is 16.1. The Morgan fingerprint density at radius 1 is 1.12 bits per heavy atom. The highest BCUT2D eigenvalue weighted by Crippen LogP contribution is 2.61. The van der Waals surface area contributed by atoms with E-state index < -0.39 is 27.8 Å². The molecule has 2 atom stereocenters. The molecule has 3 N–H and O–H groups in total. The molecule has 6 rings (SSSR count). The zero-order valence-electron chi connectivity index (χ0n) is 18.9. The van der Waals surface area contributed by atoms with E-state index >= 15 is 0 Å². The Labute approximate surface area is 198 Å². The Morgan fingerprint density at radius 3 is 2.50 bits per heavy atom. The summed E-state index contributed by atoms with van der Waals surface area (Å²) in [5.74, 6) is -1.20. The number of nitrogens with two attached hydrogens (primary N) is 1. The van der Waals surface area contributed by atoms with E-state index in [9.17, 15) is 26.8 Å². The van der Waals surface area contributed by atoms with Gasteiger partial charge < -0.3 is 11.1 Å². The highest BCUT2D eigenvalue weighted by molar-refractivity contribution is 7.90. The zero-order chi connectivity index (χ0) is 24.3. The first kappa shape index (κ1) is 23.5. The van der Waals surface area contributed by atoms with E-state index in [0.29, 0.717) is 18.8 Å². The van der Waals surface area contributed by atoms with Crippen molar-refractivity contribution in [3.05, 3.63) is 29.8 Å². The molecule has 1 aromatic carbocycles. The summed E-state index contributed by atoms with van der Waals surface area (Å²) < 4.78 is 56.1. The lowest BCUT2D eigenvalue weighted by molar-refractivity contribution is -0.134. The average molecular weight is 497 g/mol. The first-order valence-corrected chi connectivity index (χ1v) is 13.3. The van der Waals surface area contributed by atoms with Gasteiger partial charge in [0, 0.05) is 31.6 Å². The van der Waals surface area contributed by atoms with E-state index in [2.05, 4.69) is 5.32 Å². The normalized spacial score (nSPS) is 34.2. The second-order valence-electron chi connectivity index (χ2n) is 10.6. The van der Waals surface area contributed by atoms with Crippen LogP contribution in [0.15, 0.2) is 18.2 Å². The minimum absolute atomic E-state index is 0.0108. The SMILES string of the molecule is NC(=O)CC12CC3CC(C1)C(NC(=O)CN1CCCN(c4cc(F)ccc4F)S1(=O)=O)C(C3)C2. The summed E-state index contributed by atoms with van der Waals surface area (Å²) in [5, 5.41) is 3.08. The highest BCUT2D eigenvalue weighted by Gasteiger charge is 2.56. The van der Waals surface area contributed by atoms with Crippen LogP contribution in [0.5, 0.6) is 0 Å². The zero-order valence-corrected chi connectivity index (χ0v) is 19.7. The molecule has 2 amide bonds. The van der Waals surface area contributed by atoms with Crippen molar-refractivity contribution in [2.45, 2.75) is 51.0 Å². The highest BCUT2D eigenvalue weighted by atomic mass is 32.2. The molecule has 0 aromatic heterocycles. The molecule has 4 saturated carbocycles. The maximum atomic E-state index is 14.3. The van der Waals surface area contributed by atoms with Gasteiger partial charge in [-0.15, -0.1) is 0 Å². The van der Waals surface area contributed by atoms with Crippen molar-refractivity contribution in [1.82, 2.24) is 9.62 Å². The molecule has 1 saturated heterocycles. The summed E-state index contributed by atoms with van der Waals surface area (Å²) >= 11 is 0. The monoisotopic (exact) mass is 496 g/mol. The fourth-order valence-corrected chi connectivity index (χ4v) is 8.92. The standard InChI is InChI=1S/C23H30F2N4O4S/c24-17-2-3-18(25)19(8-17)29-5-1-4-28(34(29,32)33)13-21(31)27-22-15-6-14-7-16(22)11-23(9-14,10-15)12-20(26)30/h2-3,8,14-16,22H,1,4-7,9-13H2,(H2,26,30)(H,27,31). The molecule has 4 bridgehead atoms. The van der Waals surface area contributed by atoms with Crippen LogP contribution in [0, 0.1) is 34.8 Å². The molecule has 186 valence electrons. The van der Waals surface area contributed by atoms with E-state index in [0.717, 1.165) is 58.9 Å². The summed E-state index contributed by atoms with van der Waals surface area (Å²) in [6, 6.07) is 2.63. The van der Waals surface area contributed by atoms with Crippen molar-refractivity contribution in [2.75, 3.05) is 23.9 Å². The van der Waals surface area contributed by atoms with Crippen molar-refractivity contribution >= 4 is 27.7 Å². The molecule has 0 radical (unpaired) electrons. The topological polar surface area (TPSA) is 113 Å². The van der Waals surface area contributed by atoms with Crippen LogP contribution >= 0.6 is 0 Å². The summed E-state index contributed by atoms with van der Waals surface area (Å²) in [6.45, 7) is -0.233. The van der Waals surface area contributed by atoms with Crippen LogP contribution < -0.4 is 15.4 Å². The lowest BCUT2D eigenvalue weighted by atomic mass is 9.47. The molecule has 0 spiro atoms. The van der Waals surface area contributed by atoms with Crippen molar-refractivity contribution in [1.29, 1.82) is 0 Å². The van der Waals surface area contributed by atoms with Gasteiger partial charge in [-0.3, -0.25) is 13.9 Å². The van der Waals surface area contributed by atoms with Crippen LogP contribution in [0.2, 0.25) is 0 Å². The second kappa shape index (κ2) is 8.44. The maximum absolute atomic E-state index is 14.3. The van der Waals surface area contributed by atoms with Crippen molar-refractivity contribution < 1.29 is 26.8 Å². The summed E-state index contributed by atoms with van der Waals surface area (Å²) in [6.07, 6.45) is 5.48. The number of nitrogens with zero attached hydrogens (tertiary/aromatic N) is 2. The van der Waals surface area contributed by atoms with E-state index in [1.165, 1.54) is 0 Å². The number of halogens is 2. The van der Waals surface area contributed by atoms with Gasteiger partial charge in [-0.05, 0) is 73.8 Å². The van der Waals surface area contributed by atoms with Gasteiger partial charge in [-0.25, -0.2) is 8.78 Å². The molecule has 34 heavy (non-hydrogen) atoms. The number of amides is 2. The molecule has 5 aliphatic rings. The van der Waals surface area contributed by atoms with Crippen molar-refractivity contribution in [3.8, 4) is 0 Å². The Morgan fingerprint density at radius 2 is 1.82 bits per heavy atom. The van der Waals surface area contributed by atoms with Gasteiger partial charge in [0.05, 0.1) is 12.2 Å². The molecular weight excluding hydrogens is 466 g/mol. The third-order valence-electron chi connectivity index (χ3n) is 8.15. The van der Waals surface area contributed by atoms with E-state index in [1.807, 2.05) is 0 Å². The maximum Gasteiger partial charge on any atom is 0.304 e. The quantitative estimate of drug-likeness (QED) is 0.626. The molecule has 5 fully saturated rings. The van der Waals surface area contributed by atoms with Crippen LogP contribution in [-0.2, 0) is 19.8 Å². The molecule has 8 nitrogen and oxygen atoms in total. The molecule has 1 aliphatic heterocycles. The van der Waals surface area contributed by atoms with Crippen LogP contribution in [-0.4, -0.2) is 50.2 Å². The number of rotatable bonds is 6. The van der Waals surface area contributed by atoms with Gasteiger partial charge in [0.15, 0.2) is 0 Å². The molecule has 1 heterocycles. The smallest absolute Gasteiger partial charge is 0.304 e. The fraction of sp³-hybridized carbons (Fsp3) is 0.652. The van der Waals surface area contributed by atoms with E-state index in [4.69, 9.17) is 5.73 Å². The molecule has 11 heteroatoms. The second-order valence-corrected chi connectivity index (χ2v) is 12.4. The summed E-state index contributed by atoms with van der Waals surface area (Å²) in [7, 11) is -4.19. The van der Waals surface area contributed by atoms with Crippen LogP contribution in [0.3, 0.4) is 0 Å². The Balaban J connectivity index is 1.27. The molecule has 2 unspecified atom stereocenters. The van der Waals surface area contributed by atoms with Crippen molar-refractivity contribution in [3.63, 3.8) is 0 Å². The number of hydrogen-bond donors (Lipinski definition) is 2. The van der Waals surface area contributed by atoms with Crippen molar-refractivity contribution in [2.24, 2.45) is 28.9 Å². The third kappa shape index (κ3) is 4.17. The minimum Gasteiger partial charge on any atom is -0.370 e. The van der Waals surface area contributed by atoms with Gasteiger partial charge in [0.2, 0.25) is 11.8 Å². The number of nitrogens with one attached hydrogen (secondary N) is 1. The van der Waals surface area contributed by atoms with Gasteiger partial charge in [-0.2, -0.15) is 12.7 Å². The molecule has 4 aliphatic carbocycles. The van der Waals surface area contributed by atoms with Gasteiger partial charge in [0.1, 0.15) is 11.6 Å². The van der Waals surface area contributed by atoms with Gasteiger partial charge in [-0.1, -0.05) is 0 Å². The lowest BCUT2D eigenvalue weighted by Crippen LogP contribution is -2.61. The number of hydrogen-bond acceptors (Lipinski definition) is 4. The Hall–Kier alpha value is -2.27. The van der Waals surface area contributed by atoms with E-state index in [-0.39, 0.29) is 54.5 Å². The number of carbonyl (C=O) groups excluding carboxylic acids is 2. The van der Waals surface area contributed by atoms with E-state index in [1.54, 1.807) is 0 Å². The summed E-state index contributed by atoms with van der Waals surface area (Å²) in [4.78, 5) is 24.6. The van der Waals surface area contributed by atoms with Crippen LogP contribution in [0.25, 0.3) is 0 Å². The Bertz CT molecular complexity index is 1100. The van der Waals surface area contributed by atoms with Crippen LogP contribution in [0.4, 0.5) is 14.5 Å². The number of benzene rings is 1. The van der Waals surface area contributed by atoms with Crippen LogP contribution in [0.1, 0.15) is 44.9 Å². The number of carbonyl (C=O) groups is 2. The van der Waals surface area contributed by atoms with Gasteiger partial charge >= 0.3 is 10.2 Å². The first-order valence-electron chi connectivity index (χ1n) is 11.9. The predicted molar refractivity (Wildman–Crippen MR) is 121 cm³/mol. The summed E-state index contributed by atoms with van der Waals surface area (Å²) in [5.41, 5.74) is 5.09. The Kier molecular flexibility index (Phi) is 5.83. The minimum atomic E-state index is -4.19. The van der Waals surface area contributed by atoms with Gasteiger partial charge in [0.25, 0.3) is 0 Å². The molecular formula is C23H30F2N4O4S. The predicted octanol–water partition coefficient (Wildman–Crippen LogP) is 1.91. The number of anilines is 1. The average Bonchev–Trinajstić information content (AvgIpc) is 2.73. The fourth-order valence-electron chi connectivity index (χ4n) is 7.25. The lowest BCUT2D eigenvalue weighted by Gasteiger charge is -2.60. The largest absolute Gasteiger partial charge is 0.370 e. The third-order valence-corrected chi connectivity index (χ3v) is 10.0.